The van der Waals surface area contributed by atoms with Crippen molar-refractivity contribution in [1.29, 1.82) is 0 Å². The van der Waals surface area contributed by atoms with Crippen LogP contribution in [0.1, 0.15) is 33.5 Å². The molecule has 0 aliphatic carbocycles. The van der Waals surface area contributed by atoms with Gasteiger partial charge in [0.2, 0.25) is 5.91 Å². The van der Waals surface area contributed by atoms with Gasteiger partial charge in [0, 0.05) is 25.8 Å². The van der Waals surface area contributed by atoms with E-state index in [9.17, 15) is 4.79 Å². The monoisotopic (exact) mass is 314 g/mol. The zero-order valence-corrected chi connectivity index (χ0v) is 13.8. The lowest BCUT2D eigenvalue weighted by molar-refractivity contribution is -0.131. The van der Waals surface area contributed by atoms with Gasteiger partial charge in [0.25, 0.3) is 0 Å². The number of carbonyl (C=O) groups is 1. The Hall–Kier alpha value is -1.40. The molecule has 0 radical (unpaired) electrons. The van der Waals surface area contributed by atoms with Crippen molar-refractivity contribution in [1.82, 2.24) is 14.9 Å². The third-order valence-corrected chi connectivity index (χ3v) is 3.18. The van der Waals surface area contributed by atoms with Crippen LogP contribution in [0.4, 0.5) is 5.82 Å². The smallest absolute Gasteiger partial charge is 0.244 e. The molecule has 1 aromatic rings. The summed E-state index contributed by atoms with van der Waals surface area (Å²) in [5.41, 5.74) is 0. The highest BCUT2D eigenvalue weighted by atomic mass is 35.5. The first-order valence-electron chi connectivity index (χ1n) is 7.18. The molecule has 1 heterocycles. The van der Waals surface area contributed by atoms with Crippen LogP contribution in [-0.4, -0.2) is 46.5 Å². The summed E-state index contributed by atoms with van der Waals surface area (Å²) in [7, 11) is 0. The second-order valence-corrected chi connectivity index (χ2v) is 4.89. The van der Waals surface area contributed by atoms with Crippen LogP contribution in [-0.2, 0) is 16.1 Å². The summed E-state index contributed by atoms with van der Waals surface area (Å²) in [6.07, 6.45) is 0. The van der Waals surface area contributed by atoms with E-state index in [2.05, 4.69) is 15.3 Å². The summed E-state index contributed by atoms with van der Waals surface area (Å²) in [5.74, 6) is 1.05. The van der Waals surface area contributed by atoms with E-state index in [1.807, 2.05) is 20.8 Å². The van der Waals surface area contributed by atoms with Gasteiger partial charge in [-0.1, -0.05) is 11.6 Å². The molecule has 1 aromatic heterocycles. The number of ether oxygens (including phenoxy) is 1. The van der Waals surface area contributed by atoms with Crippen LogP contribution >= 0.6 is 11.6 Å². The van der Waals surface area contributed by atoms with Gasteiger partial charge in [-0.3, -0.25) is 4.79 Å². The molecule has 0 fully saturated rings. The maximum absolute atomic E-state index is 12.2. The summed E-state index contributed by atoms with van der Waals surface area (Å²) < 4.78 is 5.27. The lowest BCUT2D eigenvalue weighted by Crippen LogP contribution is -2.41. The molecule has 0 aliphatic rings. The average molecular weight is 315 g/mol. The number of nitrogens with zero attached hydrogens (tertiary/aromatic N) is 3. The number of halogens is 1. The molecule has 6 nitrogen and oxygen atoms in total. The van der Waals surface area contributed by atoms with E-state index in [1.54, 1.807) is 17.9 Å². The summed E-state index contributed by atoms with van der Waals surface area (Å²) >= 11 is 5.97. The van der Waals surface area contributed by atoms with E-state index in [0.717, 1.165) is 0 Å². The molecule has 0 bridgehead atoms. The van der Waals surface area contributed by atoms with Crippen molar-refractivity contribution in [3.63, 3.8) is 0 Å². The molecule has 1 rings (SSSR count). The van der Waals surface area contributed by atoms with Crippen LogP contribution in [0.15, 0.2) is 6.07 Å². The largest absolute Gasteiger partial charge is 0.374 e. The molecule has 1 unspecified atom stereocenters. The van der Waals surface area contributed by atoms with Crippen LogP contribution < -0.4 is 5.32 Å². The zero-order valence-electron chi connectivity index (χ0n) is 13.0. The van der Waals surface area contributed by atoms with Crippen LogP contribution in [0.5, 0.6) is 0 Å². The fourth-order valence-corrected chi connectivity index (χ4v) is 2.09. The predicted molar refractivity (Wildman–Crippen MR) is 83.4 cm³/mol. The number of amides is 1. The third-order valence-electron chi connectivity index (χ3n) is 2.99. The summed E-state index contributed by atoms with van der Waals surface area (Å²) in [6.45, 7) is 9.85. The fourth-order valence-electron chi connectivity index (χ4n) is 1.89. The topological polar surface area (TPSA) is 67.3 Å². The second kappa shape index (κ2) is 8.79. The predicted octanol–water partition coefficient (Wildman–Crippen LogP) is 2.34. The molecule has 118 valence electrons. The Kier molecular flexibility index (Phi) is 7.39. The van der Waals surface area contributed by atoms with Crippen molar-refractivity contribution in [2.24, 2.45) is 0 Å². The Morgan fingerprint density at radius 3 is 2.62 bits per heavy atom. The van der Waals surface area contributed by atoms with E-state index in [1.165, 1.54) is 0 Å². The number of nitrogens with one attached hydrogen (secondary N) is 1. The Morgan fingerprint density at radius 1 is 1.38 bits per heavy atom. The normalized spacial score (nSPS) is 12.0. The van der Waals surface area contributed by atoms with Crippen molar-refractivity contribution in [2.45, 2.75) is 40.3 Å². The molecule has 0 saturated heterocycles. The lowest BCUT2D eigenvalue weighted by Gasteiger charge is -2.23. The Morgan fingerprint density at radius 2 is 2.05 bits per heavy atom. The standard InChI is InChI=1S/C14H23ClN4O2/c1-5-19(6-2)14(20)10(4)16-12-8-11(15)17-13(18-12)9-21-7-3/h8,10H,5-7,9H2,1-4H3,(H,16,17,18). The van der Waals surface area contributed by atoms with Gasteiger partial charge >= 0.3 is 0 Å². The quantitative estimate of drug-likeness (QED) is 0.746. The molecule has 0 spiro atoms. The minimum absolute atomic E-state index is 0.0288. The summed E-state index contributed by atoms with van der Waals surface area (Å²) in [6, 6.07) is 1.22. The molecular weight excluding hydrogens is 292 g/mol. The first kappa shape index (κ1) is 17.7. The van der Waals surface area contributed by atoms with Gasteiger partial charge in [-0.05, 0) is 27.7 Å². The lowest BCUT2D eigenvalue weighted by atomic mass is 10.2. The Balaban J connectivity index is 2.77. The highest BCUT2D eigenvalue weighted by Gasteiger charge is 2.18. The molecule has 21 heavy (non-hydrogen) atoms. The van der Waals surface area contributed by atoms with Crippen molar-refractivity contribution in [3.8, 4) is 0 Å². The maximum Gasteiger partial charge on any atom is 0.244 e. The van der Waals surface area contributed by atoms with Crippen molar-refractivity contribution in [3.05, 3.63) is 17.0 Å². The van der Waals surface area contributed by atoms with Crippen molar-refractivity contribution in [2.75, 3.05) is 25.0 Å². The van der Waals surface area contributed by atoms with Crippen LogP contribution in [0.2, 0.25) is 5.15 Å². The van der Waals surface area contributed by atoms with Gasteiger partial charge in [-0.15, -0.1) is 0 Å². The van der Waals surface area contributed by atoms with Gasteiger partial charge < -0.3 is 15.0 Å². The first-order valence-corrected chi connectivity index (χ1v) is 7.56. The number of hydrogen-bond acceptors (Lipinski definition) is 5. The van der Waals surface area contributed by atoms with Crippen LogP contribution in [0, 0.1) is 0 Å². The minimum Gasteiger partial charge on any atom is -0.374 e. The maximum atomic E-state index is 12.2. The molecule has 0 aromatic carbocycles. The highest BCUT2D eigenvalue weighted by Crippen LogP contribution is 2.13. The van der Waals surface area contributed by atoms with Gasteiger partial charge in [-0.2, -0.15) is 0 Å². The van der Waals surface area contributed by atoms with Crippen molar-refractivity contribution >= 4 is 23.3 Å². The average Bonchev–Trinajstić information content (AvgIpc) is 2.45. The molecular formula is C14H23ClN4O2. The molecule has 1 N–H and O–H groups in total. The Labute approximate surface area is 130 Å². The van der Waals surface area contributed by atoms with E-state index in [0.29, 0.717) is 43.1 Å². The number of carbonyl (C=O) groups excluding carboxylic acids is 1. The molecule has 1 atom stereocenters. The number of anilines is 1. The van der Waals surface area contributed by atoms with Crippen LogP contribution in [0.3, 0.4) is 0 Å². The minimum atomic E-state index is -0.379. The molecule has 0 aliphatic heterocycles. The van der Waals surface area contributed by atoms with Crippen LogP contribution in [0.25, 0.3) is 0 Å². The fraction of sp³-hybridized carbons (Fsp3) is 0.643. The van der Waals surface area contributed by atoms with E-state index in [4.69, 9.17) is 16.3 Å². The zero-order chi connectivity index (χ0) is 15.8. The van der Waals surface area contributed by atoms with Gasteiger partial charge in [0.15, 0.2) is 5.82 Å². The van der Waals surface area contributed by atoms with E-state index < -0.39 is 0 Å². The van der Waals surface area contributed by atoms with E-state index in [-0.39, 0.29) is 11.9 Å². The molecule has 1 amide bonds. The van der Waals surface area contributed by atoms with Crippen molar-refractivity contribution < 1.29 is 9.53 Å². The number of rotatable bonds is 8. The number of hydrogen-bond donors (Lipinski definition) is 1. The molecule has 7 heteroatoms. The van der Waals surface area contributed by atoms with E-state index >= 15 is 0 Å². The summed E-state index contributed by atoms with van der Waals surface area (Å²) in [5, 5.41) is 3.39. The number of likely N-dealkylation sites (N-methyl/N-ethyl adjacent to an activating group) is 1. The first-order chi connectivity index (χ1) is 10.0. The number of aromatic nitrogens is 2. The van der Waals surface area contributed by atoms with Gasteiger partial charge in [0.1, 0.15) is 23.6 Å². The second-order valence-electron chi connectivity index (χ2n) is 4.51. The molecule has 0 saturated carbocycles. The SMILES string of the molecule is CCOCc1nc(Cl)cc(NC(C)C(=O)N(CC)CC)n1. The van der Waals surface area contributed by atoms with Gasteiger partial charge in [-0.25, -0.2) is 9.97 Å². The highest BCUT2D eigenvalue weighted by molar-refractivity contribution is 6.29. The summed E-state index contributed by atoms with van der Waals surface area (Å²) in [4.78, 5) is 22.4. The third kappa shape index (κ3) is 5.47. The Bertz CT molecular complexity index is 466. The van der Waals surface area contributed by atoms with Gasteiger partial charge in [0.05, 0.1) is 0 Å².